The molecule has 3 unspecified atom stereocenters. The minimum atomic E-state index is 0.744. The smallest absolute Gasteiger partial charge is 0.0847 e. The summed E-state index contributed by atoms with van der Waals surface area (Å²) in [6.07, 6.45) is 12.0. The average Bonchev–Trinajstić information content (AvgIpc) is 3.42. The third-order valence-corrected chi connectivity index (χ3v) is 10.3. The molecule has 30 heavy (non-hydrogen) atoms. The van der Waals surface area contributed by atoms with Crippen molar-refractivity contribution in [2.75, 3.05) is 26.2 Å². The molecule has 1 aliphatic carbocycles. The van der Waals surface area contributed by atoms with E-state index in [1.165, 1.54) is 67.5 Å². The Morgan fingerprint density at radius 3 is 2.93 bits per heavy atom. The van der Waals surface area contributed by atoms with E-state index in [9.17, 15) is 0 Å². The SMILES string of the molecule is C1=C(c2snc3ccccc23)CN(N2SC([C@@H]3CCCNC3)C3CCCCC32)CC1. The van der Waals surface area contributed by atoms with Crippen molar-refractivity contribution in [2.45, 2.75) is 56.2 Å². The Hall–Kier alpha value is -0.920. The summed E-state index contributed by atoms with van der Waals surface area (Å²) in [6, 6.07) is 9.36. The number of hydrazine groups is 1. The predicted molar refractivity (Wildman–Crippen MR) is 128 cm³/mol. The molecule has 1 aromatic carbocycles. The van der Waals surface area contributed by atoms with Crippen molar-refractivity contribution in [1.29, 1.82) is 0 Å². The highest BCUT2D eigenvalue weighted by molar-refractivity contribution is 7.97. The summed E-state index contributed by atoms with van der Waals surface area (Å²) in [6.45, 7) is 4.64. The van der Waals surface area contributed by atoms with Crippen molar-refractivity contribution in [3.63, 3.8) is 0 Å². The molecular formula is C24H32N4S2. The zero-order valence-electron chi connectivity index (χ0n) is 17.6. The first-order chi connectivity index (χ1) is 14.9. The molecule has 3 fully saturated rings. The number of hydrogen-bond donors (Lipinski definition) is 1. The highest BCUT2D eigenvalue weighted by Gasteiger charge is 2.48. The van der Waals surface area contributed by atoms with Crippen LogP contribution in [0.25, 0.3) is 16.5 Å². The van der Waals surface area contributed by atoms with Gasteiger partial charge in [-0.1, -0.05) is 49.1 Å². The van der Waals surface area contributed by atoms with E-state index in [4.69, 9.17) is 4.37 Å². The first kappa shape index (κ1) is 19.7. The zero-order chi connectivity index (χ0) is 19.9. The van der Waals surface area contributed by atoms with Crippen molar-refractivity contribution in [2.24, 2.45) is 11.8 Å². The topological polar surface area (TPSA) is 31.4 Å². The van der Waals surface area contributed by atoms with Crippen LogP contribution in [-0.4, -0.2) is 51.3 Å². The summed E-state index contributed by atoms with van der Waals surface area (Å²) >= 11 is 3.89. The Balaban J connectivity index is 1.24. The van der Waals surface area contributed by atoms with Crippen LogP contribution in [0.1, 0.15) is 49.8 Å². The molecule has 6 rings (SSSR count). The quantitative estimate of drug-likeness (QED) is 0.664. The van der Waals surface area contributed by atoms with Gasteiger partial charge in [0.2, 0.25) is 0 Å². The second kappa shape index (κ2) is 8.55. The van der Waals surface area contributed by atoms with E-state index in [-0.39, 0.29) is 0 Å². The fourth-order valence-corrected chi connectivity index (χ4v) is 8.83. The number of hydrogen-bond acceptors (Lipinski definition) is 6. The number of nitrogens with zero attached hydrogens (tertiary/aromatic N) is 3. The second-order valence-electron chi connectivity index (χ2n) is 9.43. The summed E-state index contributed by atoms with van der Waals surface area (Å²) in [4.78, 5) is 1.38. The molecule has 1 aromatic heterocycles. The Labute approximate surface area is 188 Å². The van der Waals surface area contributed by atoms with Crippen molar-refractivity contribution in [3.05, 3.63) is 35.2 Å². The average molecular weight is 441 g/mol. The minimum Gasteiger partial charge on any atom is -0.316 e. The van der Waals surface area contributed by atoms with Crippen LogP contribution in [0.5, 0.6) is 0 Å². The van der Waals surface area contributed by atoms with Crippen molar-refractivity contribution in [3.8, 4) is 0 Å². The number of nitrogens with one attached hydrogen (secondary N) is 1. The van der Waals surface area contributed by atoms with Gasteiger partial charge in [-0.3, -0.25) is 0 Å². The molecule has 0 spiro atoms. The molecule has 160 valence electrons. The minimum absolute atomic E-state index is 0.744. The van der Waals surface area contributed by atoms with Gasteiger partial charge in [0.1, 0.15) is 0 Å². The molecule has 4 heterocycles. The molecule has 1 saturated carbocycles. The molecule has 0 radical (unpaired) electrons. The Morgan fingerprint density at radius 1 is 1.07 bits per heavy atom. The summed E-state index contributed by atoms with van der Waals surface area (Å²) in [5.74, 6) is 1.73. The number of piperidine rings is 1. The van der Waals surface area contributed by atoms with E-state index < -0.39 is 0 Å². The molecule has 4 atom stereocenters. The van der Waals surface area contributed by atoms with E-state index in [1.54, 1.807) is 11.5 Å². The first-order valence-electron chi connectivity index (χ1n) is 11.8. The molecule has 6 heteroatoms. The van der Waals surface area contributed by atoms with Crippen LogP contribution in [0.4, 0.5) is 0 Å². The molecule has 2 aromatic rings. The van der Waals surface area contributed by atoms with E-state index >= 15 is 0 Å². The first-order valence-corrected chi connectivity index (χ1v) is 13.4. The van der Waals surface area contributed by atoms with Crippen LogP contribution in [0.2, 0.25) is 0 Å². The van der Waals surface area contributed by atoms with Gasteiger partial charge in [-0.25, -0.2) is 5.01 Å². The molecule has 0 bridgehead atoms. The van der Waals surface area contributed by atoms with Crippen LogP contribution in [0, 0.1) is 11.8 Å². The highest BCUT2D eigenvalue weighted by Crippen LogP contribution is 2.51. The third-order valence-electron chi connectivity index (χ3n) is 7.60. The molecule has 2 saturated heterocycles. The Bertz CT molecular complexity index is 919. The van der Waals surface area contributed by atoms with Crippen molar-refractivity contribution < 1.29 is 0 Å². The summed E-state index contributed by atoms with van der Waals surface area (Å²) in [7, 11) is 0. The van der Waals surface area contributed by atoms with Crippen LogP contribution in [0.3, 0.4) is 0 Å². The molecule has 1 N–H and O–H groups in total. The van der Waals surface area contributed by atoms with Gasteiger partial charge >= 0.3 is 0 Å². The van der Waals surface area contributed by atoms with Crippen molar-refractivity contribution in [1.82, 2.24) is 19.1 Å². The van der Waals surface area contributed by atoms with E-state index in [0.29, 0.717) is 0 Å². The molecule has 4 aliphatic rings. The monoisotopic (exact) mass is 440 g/mol. The molecule has 3 aliphatic heterocycles. The number of fused-ring (bicyclic) bond motifs is 2. The van der Waals surface area contributed by atoms with Gasteiger partial charge in [-0.05, 0) is 80.2 Å². The van der Waals surface area contributed by atoms with E-state index in [1.807, 2.05) is 0 Å². The van der Waals surface area contributed by atoms with Gasteiger partial charge in [0, 0.05) is 29.8 Å². The fraction of sp³-hybridized carbons (Fsp3) is 0.625. The predicted octanol–water partition coefficient (Wildman–Crippen LogP) is 5.19. The van der Waals surface area contributed by atoms with Crippen molar-refractivity contribution >= 4 is 40.0 Å². The summed E-state index contributed by atoms with van der Waals surface area (Å²) in [5, 5.41) is 8.50. The van der Waals surface area contributed by atoms with Crippen LogP contribution < -0.4 is 5.32 Å². The number of aromatic nitrogens is 1. The zero-order valence-corrected chi connectivity index (χ0v) is 19.3. The lowest BCUT2D eigenvalue weighted by atomic mass is 9.77. The van der Waals surface area contributed by atoms with Crippen LogP contribution >= 0.6 is 23.5 Å². The third kappa shape index (κ3) is 3.55. The molecule has 0 amide bonds. The maximum absolute atomic E-state index is 4.71. The fourth-order valence-electron chi connectivity index (χ4n) is 6.13. The van der Waals surface area contributed by atoms with Gasteiger partial charge in [-0.15, -0.1) is 0 Å². The summed E-state index contributed by atoms with van der Waals surface area (Å²) < 4.78 is 7.47. The molecular weight excluding hydrogens is 408 g/mol. The Morgan fingerprint density at radius 2 is 2.00 bits per heavy atom. The van der Waals surface area contributed by atoms with Gasteiger partial charge in [0.15, 0.2) is 0 Å². The maximum atomic E-state index is 4.71. The summed E-state index contributed by atoms with van der Waals surface area (Å²) in [5.41, 5.74) is 2.62. The number of benzene rings is 1. The van der Waals surface area contributed by atoms with E-state index in [0.717, 1.165) is 48.2 Å². The standard InChI is InChI=1S/C24H32N4S2/c1-3-11-21-19(9-1)23(29-26-21)18-8-6-14-27(16-18)28-22-12-4-2-10-20(22)24(30-28)17-7-5-13-25-15-17/h1,3,8-9,11,17,20,22,24-25H,2,4-7,10,12-16H2/t17-,20?,22?,24?/m1/s1. The lowest BCUT2D eigenvalue weighted by Crippen LogP contribution is -2.46. The highest BCUT2D eigenvalue weighted by atomic mass is 32.2. The lowest BCUT2D eigenvalue weighted by molar-refractivity contribution is 0.0218. The lowest BCUT2D eigenvalue weighted by Gasteiger charge is -2.39. The van der Waals surface area contributed by atoms with Gasteiger partial charge in [-0.2, -0.15) is 8.79 Å². The van der Waals surface area contributed by atoms with E-state index in [2.05, 4.69) is 57.0 Å². The Kier molecular flexibility index (Phi) is 5.63. The normalized spacial score (nSPS) is 33.5. The second-order valence-corrected chi connectivity index (χ2v) is 11.3. The van der Waals surface area contributed by atoms with Gasteiger partial charge in [0.05, 0.1) is 10.4 Å². The largest absolute Gasteiger partial charge is 0.316 e. The number of rotatable bonds is 3. The molecule has 4 nitrogen and oxygen atoms in total. The van der Waals surface area contributed by atoms with Crippen LogP contribution in [-0.2, 0) is 0 Å². The van der Waals surface area contributed by atoms with Gasteiger partial charge < -0.3 is 5.32 Å². The maximum Gasteiger partial charge on any atom is 0.0847 e. The van der Waals surface area contributed by atoms with Gasteiger partial charge in [0.25, 0.3) is 0 Å². The van der Waals surface area contributed by atoms with Crippen LogP contribution in [0.15, 0.2) is 30.3 Å².